The molecule has 0 radical (unpaired) electrons. The number of ether oxygens (including phenoxy) is 3. The number of rotatable bonds is 71. The van der Waals surface area contributed by atoms with E-state index in [1.165, 1.54) is 334 Å². The van der Waals surface area contributed by atoms with Crippen LogP contribution in [-0.2, 0) is 28.6 Å². The Kier molecular flexibility index (Phi) is 70.5. The zero-order valence-corrected chi connectivity index (χ0v) is 56.5. The van der Waals surface area contributed by atoms with Crippen LogP contribution < -0.4 is 0 Å². The molecule has 0 aliphatic carbocycles. The monoisotopic (exact) mass is 1170 g/mol. The number of carbonyl (C=O) groups is 3. The van der Waals surface area contributed by atoms with Crippen LogP contribution in [0, 0.1) is 0 Å². The van der Waals surface area contributed by atoms with Gasteiger partial charge in [0.1, 0.15) is 13.2 Å². The summed E-state index contributed by atoms with van der Waals surface area (Å²) in [6.45, 7) is 6.72. The molecule has 0 saturated heterocycles. The molecule has 0 bridgehead atoms. The SMILES string of the molecule is CCCCCCCCC/C=C\CCCCCCCCCC(=O)OC(COC(=O)CCCCCCCCCCCCCCCC)COC(=O)CCCCCCCCCCCCCCCCCCCCCCC/C=C\CCCCCCCCCC. The molecule has 6 nitrogen and oxygen atoms in total. The van der Waals surface area contributed by atoms with Crippen LogP contribution in [-0.4, -0.2) is 37.2 Å². The van der Waals surface area contributed by atoms with Gasteiger partial charge >= 0.3 is 17.9 Å². The first-order valence-corrected chi connectivity index (χ1v) is 37.8. The predicted molar refractivity (Wildman–Crippen MR) is 363 cm³/mol. The number of hydrogen-bond acceptors (Lipinski definition) is 6. The van der Waals surface area contributed by atoms with Crippen molar-refractivity contribution in [2.24, 2.45) is 0 Å². The Balaban J connectivity index is 4.12. The molecule has 0 amide bonds. The Morgan fingerprint density at radius 3 is 0.602 bits per heavy atom. The quantitative estimate of drug-likeness (QED) is 0.0261. The van der Waals surface area contributed by atoms with E-state index in [1.807, 2.05) is 0 Å². The second kappa shape index (κ2) is 72.4. The van der Waals surface area contributed by atoms with Crippen molar-refractivity contribution < 1.29 is 28.6 Å². The molecule has 0 N–H and O–H groups in total. The predicted octanol–water partition coefficient (Wildman–Crippen LogP) is 26.1. The van der Waals surface area contributed by atoms with E-state index in [1.54, 1.807) is 0 Å². The summed E-state index contributed by atoms with van der Waals surface area (Å²) in [6, 6.07) is 0. The highest BCUT2D eigenvalue weighted by molar-refractivity contribution is 5.71. The van der Waals surface area contributed by atoms with E-state index in [4.69, 9.17) is 14.2 Å². The normalized spacial score (nSPS) is 12.1. The summed E-state index contributed by atoms with van der Waals surface area (Å²) in [6.07, 6.45) is 89.5. The lowest BCUT2D eigenvalue weighted by Gasteiger charge is -2.18. The Morgan fingerprint density at radius 1 is 0.229 bits per heavy atom. The number of allylic oxidation sites excluding steroid dienone is 4. The van der Waals surface area contributed by atoms with E-state index in [2.05, 4.69) is 45.1 Å². The molecule has 6 heteroatoms. The highest BCUT2D eigenvalue weighted by atomic mass is 16.6. The van der Waals surface area contributed by atoms with Crippen LogP contribution in [0.25, 0.3) is 0 Å². The molecule has 0 heterocycles. The van der Waals surface area contributed by atoms with Gasteiger partial charge in [-0.3, -0.25) is 14.4 Å². The average Bonchev–Trinajstić information content (AvgIpc) is 3.49. The second-order valence-electron chi connectivity index (χ2n) is 25.9. The molecule has 0 spiro atoms. The number of esters is 3. The summed E-state index contributed by atoms with van der Waals surface area (Å²) >= 11 is 0. The average molecular weight is 1170 g/mol. The fraction of sp³-hybridized carbons (Fsp3) is 0.909. The van der Waals surface area contributed by atoms with Gasteiger partial charge in [-0.15, -0.1) is 0 Å². The molecule has 0 aromatic rings. The zero-order chi connectivity index (χ0) is 59.9. The Bertz CT molecular complexity index is 1340. The molecule has 1 atom stereocenters. The molecule has 0 aliphatic rings. The van der Waals surface area contributed by atoms with Crippen molar-refractivity contribution in [2.75, 3.05) is 13.2 Å². The van der Waals surface area contributed by atoms with Crippen molar-refractivity contribution in [3.8, 4) is 0 Å². The summed E-state index contributed by atoms with van der Waals surface area (Å²) < 4.78 is 17.0. The molecule has 0 saturated carbocycles. The molecule has 0 aromatic heterocycles. The highest BCUT2D eigenvalue weighted by Gasteiger charge is 2.20. The van der Waals surface area contributed by atoms with Gasteiger partial charge in [-0.05, 0) is 70.6 Å². The van der Waals surface area contributed by atoms with Crippen LogP contribution in [0.2, 0.25) is 0 Å². The van der Waals surface area contributed by atoms with Crippen molar-refractivity contribution in [3.05, 3.63) is 24.3 Å². The van der Waals surface area contributed by atoms with Gasteiger partial charge in [0, 0.05) is 19.3 Å². The molecule has 0 rings (SSSR count). The lowest BCUT2D eigenvalue weighted by molar-refractivity contribution is -0.167. The van der Waals surface area contributed by atoms with Crippen LogP contribution >= 0.6 is 0 Å². The van der Waals surface area contributed by atoms with Gasteiger partial charge in [0.05, 0.1) is 0 Å². The first kappa shape index (κ1) is 80.9. The number of unbranched alkanes of at least 4 members (excludes halogenated alkanes) is 56. The molecule has 0 aliphatic heterocycles. The minimum atomic E-state index is -0.770. The first-order valence-electron chi connectivity index (χ1n) is 37.8. The van der Waals surface area contributed by atoms with Crippen molar-refractivity contribution in [3.63, 3.8) is 0 Å². The largest absolute Gasteiger partial charge is 0.462 e. The van der Waals surface area contributed by atoms with Crippen molar-refractivity contribution >= 4 is 17.9 Å². The first-order chi connectivity index (χ1) is 41.0. The summed E-state index contributed by atoms with van der Waals surface area (Å²) in [5.74, 6) is -0.836. The summed E-state index contributed by atoms with van der Waals surface area (Å²) in [7, 11) is 0. The van der Waals surface area contributed by atoms with E-state index in [0.29, 0.717) is 19.3 Å². The summed E-state index contributed by atoms with van der Waals surface area (Å²) in [4.78, 5) is 38.5. The van der Waals surface area contributed by atoms with E-state index >= 15 is 0 Å². The van der Waals surface area contributed by atoms with Crippen LogP contribution in [0.5, 0.6) is 0 Å². The lowest BCUT2D eigenvalue weighted by atomic mass is 10.0. The molecular formula is C77H146O6. The Labute approximate surface area is 519 Å². The lowest BCUT2D eigenvalue weighted by Crippen LogP contribution is -2.30. The van der Waals surface area contributed by atoms with Crippen molar-refractivity contribution in [1.29, 1.82) is 0 Å². The van der Waals surface area contributed by atoms with Crippen LogP contribution in [0.4, 0.5) is 0 Å². The smallest absolute Gasteiger partial charge is 0.306 e. The van der Waals surface area contributed by atoms with Gasteiger partial charge in [-0.2, -0.15) is 0 Å². The van der Waals surface area contributed by atoms with Gasteiger partial charge in [0.2, 0.25) is 0 Å². The number of carbonyl (C=O) groups excluding carboxylic acids is 3. The highest BCUT2D eigenvalue weighted by Crippen LogP contribution is 2.19. The molecule has 0 fully saturated rings. The van der Waals surface area contributed by atoms with Crippen LogP contribution in [0.3, 0.4) is 0 Å². The Morgan fingerprint density at radius 2 is 0.398 bits per heavy atom. The van der Waals surface area contributed by atoms with Crippen molar-refractivity contribution in [1.82, 2.24) is 0 Å². The van der Waals surface area contributed by atoms with Crippen molar-refractivity contribution in [2.45, 2.75) is 438 Å². The third-order valence-electron chi connectivity index (χ3n) is 17.4. The Hall–Kier alpha value is -2.11. The maximum absolute atomic E-state index is 12.9. The maximum Gasteiger partial charge on any atom is 0.306 e. The molecular weight excluding hydrogens is 1020 g/mol. The minimum Gasteiger partial charge on any atom is -0.462 e. The third-order valence-corrected chi connectivity index (χ3v) is 17.4. The van der Waals surface area contributed by atoms with E-state index in [-0.39, 0.29) is 31.1 Å². The standard InChI is InChI=1S/C77H146O6/c1-4-7-10-13-16-19-22-25-28-30-32-33-34-35-36-37-38-39-40-41-42-43-44-45-46-48-49-52-55-58-61-64-67-70-76(79)82-73-74(72-81-75(78)69-66-63-60-57-54-51-27-24-21-18-15-12-9-6-3)83-77(80)71-68-65-62-59-56-53-50-47-31-29-26-23-20-17-14-11-8-5-2/h29-32,74H,4-28,33-73H2,1-3H3/b31-29-,32-30-. The third kappa shape index (κ3) is 70.5. The number of hydrogen-bond donors (Lipinski definition) is 0. The second-order valence-corrected chi connectivity index (χ2v) is 25.9. The van der Waals surface area contributed by atoms with Gasteiger partial charge in [0.25, 0.3) is 0 Å². The topological polar surface area (TPSA) is 78.9 Å². The van der Waals surface area contributed by atoms with Gasteiger partial charge in [-0.1, -0.05) is 366 Å². The fourth-order valence-electron chi connectivity index (χ4n) is 11.7. The minimum absolute atomic E-state index is 0.0661. The van der Waals surface area contributed by atoms with Gasteiger partial charge < -0.3 is 14.2 Å². The molecule has 1 unspecified atom stereocenters. The molecule has 490 valence electrons. The van der Waals surface area contributed by atoms with Crippen LogP contribution in [0.15, 0.2) is 24.3 Å². The van der Waals surface area contributed by atoms with E-state index in [9.17, 15) is 14.4 Å². The zero-order valence-electron chi connectivity index (χ0n) is 56.5. The molecule has 83 heavy (non-hydrogen) atoms. The maximum atomic E-state index is 12.9. The van der Waals surface area contributed by atoms with E-state index < -0.39 is 6.10 Å². The van der Waals surface area contributed by atoms with Gasteiger partial charge in [0.15, 0.2) is 6.10 Å². The molecule has 0 aromatic carbocycles. The summed E-state index contributed by atoms with van der Waals surface area (Å²) in [5.41, 5.74) is 0. The summed E-state index contributed by atoms with van der Waals surface area (Å²) in [5, 5.41) is 0. The van der Waals surface area contributed by atoms with Gasteiger partial charge in [-0.25, -0.2) is 0 Å². The fourth-order valence-corrected chi connectivity index (χ4v) is 11.7. The van der Waals surface area contributed by atoms with Crippen LogP contribution in [0.1, 0.15) is 432 Å². The van der Waals surface area contributed by atoms with E-state index in [0.717, 1.165) is 57.8 Å².